The van der Waals surface area contributed by atoms with E-state index in [4.69, 9.17) is 21.9 Å². The number of hydrogen-bond donors (Lipinski definition) is 2. The van der Waals surface area contributed by atoms with E-state index in [2.05, 4.69) is 5.43 Å². The topological polar surface area (TPSA) is 51.2 Å². The summed E-state index contributed by atoms with van der Waals surface area (Å²) in [6.07, 6.45) is 0. The second-order valence-electron chi connectivity index (χ2n) is 4.93. The Kier molecular flexibility index (Phi) is 3.68. The quantitative estimate of drug-likeness (QED) is 0.566. The summed E-state index contributed by atoms with van der Waals surface area (Å²) in [6, 6.07) is 11.4. The smallest absolute Gasteiger partial charge is 0.134 e. The van der Waals surface area contributed by atoms with E-state index < -0.39 is 0 Å². The number of nitrogens with two attached hydrogens (primary N) is 1. The zero-order valence-corrected chi connectivity index (χ0v) is 12.1. The van der Waals surface area contributed by atoms with Gasteiger partial charge in [-0.1, -0.05) is 17.7 Å². The monoisotopic (exact) mass is 304 g/mol. The van der Waals surface area contributed by atoms with Gasteiger partial charge in [-0.3, -0.25) is 5.84 Å². The van der Waals surface area contributed by atoms with Gasteiger partial charge in [0.2, 0.25) is 0 Å². The van der Waals surface area contributed by atoms with Crippen LogP contribution in [-0.4, -0.2) is 0 Å². The van der Waals surface area contributed by atoms with E-state index in [1.807, 2.05) is 19.1 Å². The number of rotatable bonds is 3. The number of benzene rings is 2. The fraction of sp³-hybridized carbons (Fsp3) is 0.125. The molecule has 1 aromatic heterocycles. The van der Waals surface area contributed by atoms with E-state index in [0.717, 1.165) is 11.1 Å². The Labute approximate surface area is 126 Å². The summed E-state index contributed by atoms with van der Waals surface area (Å²) < 4.78 is 19.0. The number of hydrogen-bond acceptors (Lipinski definition) is 3. The first-order chi connectivity index (χ1) is 10.1. The molecule has 0 radical (unpaired) electrons. The molecule has 1 atom stereocenters. The average Bonchev–Trinajstić information content (AvgIpc) is 2.84. The molecule has 0 bridgehead atoms. The summed E-state index contributed by atoms with van der Waals surface area (Å²) >= 11 is 5.98. The summed E-state index contributed by atoms with van der Waals surface area (Å²) in [5.74, 6) is 6.01. The van der Waals surface area contributed by atoms with Crippen molar-refractivity contribution in [1.29, 1.82) is 0 Å². The Morgan fingerprint density at radius 3 is 2.71 bits per heavy atom. The number of nitrogens with one attached hydrogen (secondary N) is 1. The van der Waals surface area contributed by atoms with Crippen LogP contribution >= 0.6 is 11.6 Å². The third-order valence-corrected chi connectivity index (χ3v) is 3.73. The van der Waals surface area contributed by atoms with Gasteiger partial charge in [-0.2, -0.15) is 0 Å². The van der Waals surface area contributed by atoms with Crippen molar-refractivity contribution in [2.45, 2.75) is 13.0 Å². The average molecular weight is 305 g/mol. The Bertz CT molecular complexity index is 800. The van der Waals surface area contributed by atoms with Gasteiger partial charge >= 0.3 is 0 Å². The second-order valence-corrected chi connectivity index (χ2v) is 5.37. The van der Waals surface area contributed by atoms with Crippen LogP contribution in [0.2, 0.25) is 5.02 Å². The molecule has 0 aliphatic rings. The molecule has 0 saturated heterocycles. The van der Waals surface area contributed by atoms with E-state index in [1.165, 1.54) is 12.1 Å². The minimum absolute atomic E-state index is 0.296. The molecule has 3 aromatic rings. The van der Waals surface area contributed by atoms with Gasteiger partial charge in [0.25, 0.3) is 0 Å². The van der Waals surface area contributed by atoms with Crippen molar-refractivity contribution in [3.8, 4) is 0 Å². The zero-order chi connectivity index (χ0) is 15.0. The normalized spacial score (nSPS) is 12.8. The molecule has 108 valence electrons. The Balaban J connectivity index is 2.09. The van der Waals surface area contributed by atoms with E-state index in [-0.39, 0.29) is 11.9 Å². The first kappa shape index (κ1) is 14.1. The fourth-order valence-corrected chi connectivity index (χ4v) is 2.69. The van der Waals surface area contributed by atoms with Crippen molar-refractivity contribution in [3.05, 3.63) is 70.2 Å². The fourth-order valence-electron chi connectivity index (χ4n) is 2.47. The van der Waals surface area contributed by atoms with Gasteiger partial charge in [0.05, 0.1) is 0 Å². The van der Waals surface area contributed by atoms with E-state index in [9.17, 15) is 4.39 Å². The van der Waals surface area contributed by atoms with Crippen molar-refractivity contribution in [2.75, 3.05) is 0 Å². The molecule has 0 amide bonds. The van der Waals surface area contributed by atoms with Crippen LogP contribution in [0.4, 0.5) is 4.39 Å². The highest BCUT2D eigenvalue weighted by Gasteiger charge is 2.19. The summed E-state index contributed by atoms with van der Waals surface area (Å²) in [6.45, 7) is 1.95. The van der Waals surface area contributed by atoms with Gasteiger partial charge in [0, 0.05) is 10.4 Å². The molecule has 0 spiro atoms. The molecule has 0 aliphatic heterocycles. The molecule has 0 saturated carbocycles. The number of halogens is 2. The molecule has 3 rings (SSSR count). The minimum Gasteiger partial charge on any atom is -0.459 e. The molecule has 2 aromatic carbocycles. The predicted octanol–water partition coefficient (Wildman–Crippen LogP) is 4.09. The molecule has 1 heterocycles. The van der Waals surface area contributed by atoms with Crippen LogP contribution in [0.5, 0.6) is 0 Å². The molecule has 0 fully saturated rings. The van der Waals surface area contributed by atoms with Crippen molar-refractivity contribution < 1.29 is 8.81 Å². The summed E-state index contributed by atoms with van der Waals surface area (Å²) in [4.78, 5) is 0. The molecular weight excluding hydrogens is 291 g/mol. The number of fused-ring (bicyclic) bond motifs is 1. The van der Waals surface area contributed by atoms with E-state index >= 15 is 0 Å². The lowest BCUT2D eigenvalue weighted by Gasteiger charge is -2.16. The van der Waals surface area contributed by atoms with Gasteiger partial charge in [0.15, 0.2) is 0 Å². The third-order valence-electron chi connectivity index (χ3n) is 3.49. The summed E-state index contributed by atoms with van der Waals surface area (Å²) in [5.41, 5.74) is 5.32. The predicted molar refractivity (Wildman–Crippen MR) is 81.5 cm³/mol. The third kappa shape index (κ3) is 2.65. The molecule has 0 aliphatic carbocycles. The van der Waals surface area contributed by atoms with Gasteiger partial charge < -0.3 is 4.42 Å². The van der Waals surface area contributed by atoms with Crippen molar-refractivity contribution in [2.24, 2.45) is 5.84 Å². The van der Waals surface area contributed by atoms with Gasteiger partial charge in [-0.25, -0.2) is 9.82 Å². The van der Waals surface area contributed by atoms with Gasteiger partial charge in [0.1, 0.15) is 23.2 Å². The maximum Gasteiger partial charge on any atom is 0.134 e. The van der Waals surface area contributed by atoms with Crippen molar-refractivity contribution >= 4 is 22.6 Å². The van der Waals surface area contributed by atoms with Gasteiger partial charge in [-0.15, -0.1) is 0 Å². The van der Waals surface area contributed by atoms with Gasteiger partial charge in [-0.05, 0) is 54.4 Å². The van der Waals surface area contributed by atoms with Crippen LogP contribution in [0.15, 0.2) is 46.9 Å². The van der Waals surface area contributed by atoms with Crippen LogP contribution in [0.3, 0.4) is 0 Å². The van der Waals surface area contributed by atoms with E-state index in [0.29, 0.717) is 21.8 Å². The lowest BCUT2D eigenvalue weighted by molar-refractivity contribution is 0.476. The summed E-state index contributed by atoms with van der Waals surface area (Å²) in [7, 11) is 0. The molecule has 3 nitrogen and oxygen atoms in total. The molecule has 3 N–H and O–H groups in total. The number of furan rings is 1. The molecule has 1 unspecified atom stereocenters. The van der Waals surface area contributed by atoms with E-state index in [1.54, 1.807) is 18.2 Å². The molecule has 5 heteroatoms. The number of hydrazine groups is 1. The lowest BCUT2D eigenvalue weighted by atomic mass is 10.00. The van der Waals surface area contributed by atoms with Crippen LogP contribution in [-0.2, 0) is 0 Å². The highest BCUT2D eigenvalue weighted by molar-refractivity contribution is 6.30. The minimum atomic E-state index is -0.322. The standard InChI is InChI=1S/C16H14ClFN2O/c1-9-6-11(17)2-4-13(9)16(20-19)15-8-10-7-12(18)3-5-14(10)21-15/h2-8,16,20H,19H2,1H3. The van der Waals surface area contributed by atoms with Crippen LogP contribution in [0.1, 0.15) is 22.9 Å². The van der Waals surface area contributed by atoms with Crippen LogP contribution in [0, 0.1) is 12.7 Å². The first-order valence-electron chi connectivity index (χ1n) is 6.49. The van der Waals surface area contributed by atoms with Crippen LogP contribution < -0.4 is 11.3 Å². The second kappa shape index (κ2) is 5.48. The Hall–Kier alpha value is -1.88. The largest absolute Gasteiger partial charge is 0.459 e. The highest BCUT2D eigenvalue weighted by Crippen LogP contribution is 2.30. The Morgan fingerprint density at radius 1 is 1.19 bits per heavy atom. The first-order valence-corrected chi connectivity index (χ1v) is 6.87. The lowest BCUT2D eigenvalue weighted by Crippen LogP contribution is -2.29. The van der Waals surface area contributed by atoms with Crippen molar-refractivity contribution in [3.63, 3.8) is 0 Å². The Morgan fingerprint density at radius 2 is 2.00 bits per heavy atom. The SMILES string of the molecule is Cc1cc(Cl)ccc1C(NN)c1cc2cc(F)ccc2o1. The zero-order valence-electron chi connectivity index (χ0n) is 11.4. The number of aryl methyl sites for hydroxylation is 1. The summed E-state index contributed by atoms with van der Waals surface area (Å²) in [5, 5.41) is 1.37. The highest BCUT2D eigenvalue weighted by atomic mass is 35.5. The van der Waals surface area contributed by atoms with Crippen molar-refractivity contribution in [1.82, 2.24) is 5.43 Å². The maximum atomic E-state index is 13.3. The van der Waals surface area contributed by atoms with Crippen LogP contribution in [0.25, 0.3) is 11.0 Å². The molecular formula is C16H14ClFN2O. The molecule has 21 heavy (non-hydrogen) atoms. The maximum absolute atomic E-state index is 13.3.